The average Bonchev–Trinajstić information content (AvgIpc) is 2.94. The van der Waals surface area contributed by atoms with Gasteiger partial charge >= 0.3 is 0 Å². The first-order chi connectivity index (χ1) is 11.9. The summed E-state index contributed by atoms with van der Waals surface area (Å²) in [5, 5.41) is 0. The van der Waals surface area contributed by atoms with E-state index in [0.29, 0.717) is 11.4 Å². The van der Waals surface area contributed by atoms with Gasteiger partial charge in [0.2, 0.25) is 15.9 Å². The van der Waals surface area contributed by atoms with Crippen LogP contribution in [0.3, 0.4) is 0 Å². The lowest BCUT2D eigenvalue weighted by atomic mass is 10.3. The van der Waals surface area contributed by atoms with Gasteiger partial charge < -0.3 is 9.64 Å². The van der Waals surface area contributed by atoms with Crippen LogP contribution in [0.15, 0.2) is 53.4 Å². The highest BCUT2D eigenvalue weighted by Gasteiger charge is 2.34. The average molecular weight is 364 g/mol. The van der Waals surface area contributed by atoms with Crippen LogP contribution in [0.1, 0.15) is 6.42 Å². The number of carbonyl (C=O) groups is 1. The molecular weight excluding hydrogens is 347 g/mol. The summed E-state index contributed by atoms with van der Waals surface area (Å²) in [5.74, 6) is -0.445. The van der Waals surface area contributed by atoms with E-state index in [2.05, 4.69) is 4.72 Å². The first-order valence-electron chi connectivity index (χ1n) is 7.62. The Hall–Kier alpha value is -2.45. The molecule has 2 aromatic rings. The second-order valence-electron chi connectivity index (χ2n) is 5.66. The van der Waals surface area contributed by atoms with Crippen LogP contribution in [0.5, 0.6) is 5.75 Å². The molecule has 1 N–H and O–H groups in total. The number of nitrogens with zero attached hydrogens (tertiary/aromatic N) is 1. The third-order valence-electron chi connectivity index (χ3n) is 3.94. The highest BCUT2D eigenvalue weighted by Crippen LogP contribution is 2.26. The molecule has 6 nitrogen and oxygen atoms in total. The normalized spacial score (nSPS) is 17.8. The van der Waals surface area contributed by atoms with Gasteiger partial charge in [0.25, 0.3) is 0 Å². The van der Waals surface area contributed by atoms with E-state index in [4.69, 9.17) is 4.74 Å². The van der Waals surface area contributed by atoms with Gasteiger partial charge in [-0.1, -0.05) is 18.2 Å². The van der Waals surface area contributed by atoms with Crippen LogP contribution in [-0.2, 0) is 14.8 Å². The van der Waals surface area contributed by atoms with Crippen molar-refractivity contribution in [3.05, 3.63) is 54.3 Å². The van der Waals surface area contributed by atoms with E-state index in [9.17, 15) is 17.6 Å². The summed E-state index contributed by atoms with van der Waals surface area (Å²) in [6.07, 6.45) is 0.00485. The van der Waals surface area contributed by atoms with Gasteiger partial charge in [0.15, 0.2) is 0 Å². The molecule has 1 aliphatic rings. The molecule has 8 heteroatoms. The number of sulfonamides is 1. The van der Waals surface area contributed by atoms with Gasteiger partial charge in [0.1, 0.15) is 16.5 Å². The quantitative estimate of drug-likeness (QED) is 0.880. The first kappa shape index (κ1) is 17.4. The fraction of sp³-hybridized carbons (Fsp3) is 0.235. The van der Waals surface area contributed by atoms with Crippen LogP contribution >= 0.6 is 0 Å². The summed E-state index contributed by atoms with van der Waals surface area (Å²) < 4.78 is 46.0. The van der Waals surface area contributed by atoms with Crippen LogP contribution in [-0.4, -0.2) is 34.0 Å². The van der Waals surface area contributed by atoms with Crippen molar-refractivity contribution in [3.63, 3.8) is 0 Å². The van der Waals surface area contributed by atoms with E-state index in [1.165, 1.54) is 30.2 Å². The predicted octanol–water partition coefficient (Wildman–Crippen LogP) is 1.92. The summed E-state index contributed by atoms with van der Waals surface area (Å²) in [6.45, 7) is 0.166. The SMILES string of the molecule is COc1cccc(N2CC(NS(=O)(=O)c3ccccc3F)CC2=O)c1. The lowest BCUT2D eigenvalue weighted by Gasteiger charge is -2.18. The van der Waals surface area contributed by atoms with Crippen molar-refractivity contribution >= 4 is 21.6 Å². The number of benzene rings is 2. The van der Waals surface area contributed by atoms with E-state index in [-0.39, 0.29) is 18.9 Å². The third kappa shape index (κ3) is 3.64. The zero-order chi connectivity index (χ0) is 18.0. The minimum Gasteiger partial charge on any atom is -0.497 e. The van der Waals surface area contributed by atoms with Crippen molar-refractivity contribution in [1.82, 2.24) is 4.72 Å². The van der Waals surface area contributed by atoms with Crippen molar-refractivity contribution in [2.45, 2.75) is 17.4 Å². The lowest BCUT2D eigenvalue weighted by molar-refractivity contribution is -0.117. The van der Waals surface area contributed by atoms with Gasteiger partial charge in [-0.3, -0.25) is 4.79 Å². The van der Waals surface area contributed by atoms with Crippen molar-refractivity contribution < 1.29 is 22.3 Å². The van der Waals surface area contributed by atoms with Gasteiger partial charge in [0, 0.05) is 30.8 Å². The molecule has 0 saturated carbocycles. The van der Waals surface area contributed by atoms with Gasteiger partial charge in [-0.15, -0.1) is 0 Å². The van der Waals surface area contributed by atoms with Gasteiger partial charge in [-0.2, -0.15) is 0 Å². The highest BCUT2D eigenvalue weighted by molar-refractivity contribution is 7.89. The van der Waals surface area contributed by atoms with Gasteiger partial charge in [0.05, 0.1) is 7.11 Å². The van der Waals surface area contributed by atoms with Crippen LogP contribution in [0, 0.1) is 5.82 Å². The number of anilines is 1. The summed E-state index contributed by atoms with van der Waals surface area (Å²) >= 11 is 0. The zero-order valence-electron chi connectivity index (χ0n) is 13.5. The number of carbonyl (C=O) groups excluding carboxylic acids is 1. The summed E-state index contributed by atoms with van der Waals surface area (Å²) in [5.41, 5.74) is 0.622. The van der Waals surface area contributed by atoms with E-state index < -0.39 is 26.8 Å². The highest BCUT2D eigenvalue weighted by atomic mass is 32.2. The standard InChI is InChI=1S/C17H17FN2O4S/c1-24-14-6-4-5-13(10-14)20-11-12(9-17(20)21)19-25(22,23)16-8-3-2-7-15(16)18/h2-8,10,12,19H,9,11H2,1H3. The summed E-state index contributed by atoms with van der Waals surface area (Å²) in [7, 11) is -2.52. The Labute approximate surface area is 145 Å². The first-order valence-corrected chi connectivity index (χ1v) is 9.10. The fourth-order valence-corrected chi connectivity index (χ4v) is 4.07. The Morgan fingerprint density at radius 1 is 1.20 bits per heavy atom. The Kier molecular flexibility index (Phi) is 4.73. The molecule has 0 radical (unpaired) electrons. The number of amides is 1. The molecule has 3 rings (SSSR count). The lowest BCUT2D eigenvalue weighted by Crippen LogP contribution is -2.37. The topological polar surface area (TPSA) is 75.7 Å². The smallest absolute Gasteiger partial charge is 0.243 e. The van der Waals surface area contributed by atoms with Crippen molar-refractivity contribution in [2.75, 3.05) is 18.6 Å². The van der Waals surface area contributed by atoms with E-state index in [1.54, 1.807) is 24.3 Å². The molecular formula is C17H17FN2O4S. The number of halogens is 1. The van der Waals surface area contributed by atoms with Crippen LogP contribution in [0.4, 0.5) is 10.1 Å². The Morgan fingerprint density at radius 2 is 1.96 bits per heavy atom. The molecule has 1 atom stereocenters. The van der Waals surface area contributed by atoms with Crippen molar-refractivity contribution in [2.24, 2.45) is 0 Å². The monoisotopic (exact) mass is 364 g/mol. The molecule has 2 aromatic carbocycles. The molecule has 1 amide bonds. The maximum Gasteiger partial charge on any atom is 0.243 e. The van der Waals surface area contributed by atoms with Gasteiger partial charge in [-0.05, 0) is 24.3 Å². The molecule has 1 unspecified atom stereocenters. The van der Waals surface area contributed by atoms with Crippen LogP contribution in [0.2, 0.25) is 0 Å². The molecule has 1 saturated heterocycles. The molecule has 0 spiro atoms. The maximum absolute atomic E-state index is 13.8. The van der Waals surface area contributed by atoms with Crippen LogP contribution in [0.25, 0.3) is 0 Å². The predicted molar refractivity (Wildman–Crippen MR) is 90.5 cm³/mol. The minimum absolute atomic E-state index is 0.00485. The number of hydrogen-bond donors (Lipinski definition) is 1. The summed E-state index contributed by atoms with van der Waals surface area (Å²) in [4.78, 5) is 13.3. The molecule has 1 aliphatic heterocycles. The second-order valence-corrected chi connectivity index (χ2v) is 7.34. The maximum atomic E-state index is 13.8. The van der Waals surface area contributed by atoms with E-state index in [1.807, 2.05) is 0 Å². The van der Waals surface area contributed by atoms with Crippen molar-refractivity contribution in [3.8, 4) is 5.75 Å². The number of rotatable bonds is 5. The molecule has 25 heavy (non-hydrogen) atoms. The summed E-state index contributed by atoms with van der Waals surface area (Å²) in [6, 6.07) is 11.4. The molecule has 0 aromatic heterocycles. The molecule has 1 heterocycles. The fourth-order valence-electron chi connectivity index (χ4n) is 2.76. The minimum atomic E-state index is -4.04. The number of nitrogens with one attached hydrogen (secondary N) is 1. The zero-order valence-corrected chi connectivity index (χ0v) is 14.3. The Bertz CT molecular complexity index is 901. The van der Waals surface area contributed by atoms with Gasteiger partial charge in [-0.25, -0.2) is 17.5 Å². The third-order valence-corrected chi connectivity index (χ3v) is 5.49. The van der Waals surface area contributed by atoms with E-state index >= 15 is 0 Å². The van der Waals surface area contributed by atoms with E-state index in [0.717, 1.165) is 6.07 Å². The Morgan fingerprint density at radius 3 is 2.68 bits per heavy atom. The molecule has 0 bridgehead atoms. The largest absolute Gasteiger partial charge is 0.497 e. The number of ether oxygens (including phenoxy) is 1. The molecule has 0 aliphatic carbocycles. The van der Waals surface area contributed by atoms with Crippen LogP contribution < -0.4 is 14.4 Å². The molecule has 132 valence electrons. The Balaban J connectivity index is 1.78. The number of hydrogen-bond acceptors (Lipinski definition) is 4. The second kappa shape index (κ2) is 6.81. The number of methoxy groups -OCH3 is 1. The van der Waals surface area contributed by atoms with Crippen molar-refractivity contribution in [1.29, 1.82) is 0 Å². The molecule has 1 fully saturated rings.